The lowest BCUT2D eigenvalue weighted by atomic mass is 10.2. The lowest BCUT2D eigenvalue weighted by Gasteiger charge is -1.99. The summed E-state index contributed by atoms with van der Waals surface area (Å²) in [5.41, 5.74) is 2.57. The molecule has 0 unspecified atom stereocenters. The molecule has 0 bridgehead atoms. The van der Waals surface area contributed by atoms with Crippen molar-refractivity contribution in [2.75, 3.05) is 13.1 Å². The molecule has 2 heteroatoms. The third kappa shape index (κ3) is 10.7. The van der Waals surface area contributed by atoms with E-state index in [9.17, 15) is 0 Å². The lowest BCUT2D eigenvalue weighted by Crippen LogP contribution is -2.16. The first kappa shape index (κ1) is 19.3. The highest BCUT2D eigenvalue weighted by Gasteiger charge is 1.89. The molecule has 0 atom stereocenters. The fourth-order valence-electron chi connectivity index (χ4n) is 1.65. The SMILES string of the molecule is CC.CCNCCc1ccccn1.CCc1ccccc1. The quantitative estimate of drug-likeness (QED) is 0.818. The second kappa shape index (κ2) is 14.7. The van der Waals surface area contributed by atoms with Crippen molar-refractivity contribution in [1.82, 2.24) is 10.3 Å². The molecule has 1 N–H and O–H groups in total. The Morgan fingerprint density at radius 2 is 1.57 bits per heavy atom. The molecule has 0 aliphatic carbocycles. The van der Waals surface area contributed by atoms with Crippen molar-refractivity contribution in [2.24, 2.45) is 0 Å². The number of nitrogens with one attached hydrogen (secondary N) is 1. The van der Waals surface area contributed by atoms with Crippen LogP contribution in [0.2, 0.25) is 0 Å². The van der Waals surface area contributed by atoms with Gasteiger partial charge in [-0.2, -0.15) is 0 Å². The fraction of sp³-hybridized carbons (Fsp3) is 0.421. The highest BCUT2D eigenvalue weighted by atomic mass is 14.8. The zero-order chi connectivity index (χ0) is 15.8. The summed E-state index contributed by atoms with van der Waals surface area (Å²) in [7, 11) is 0. The van der Waals surface area contributed by atoms with Gasteiger partial charge in [0.05, 0.1) is 0 Å². The predicted molar refractivity (Wildman–Crippen MR) is 93.7 cm³/mol. The number of hydrogen-bond donors (Lipinski definition) is 1. The number of benzene rings is 1. The number of pyridine rings is 1. The van der Waals surface area contributed by atoms with E-state index in [1.54, 1.807) is 0 Å². The summed E-state index contributed by atoms with van der Waals surface area (Å²) >= 11 is 0. The van der Waals surface area contributed by atoms with E-state index < -0.39 is 0 Å². The van der Waals surface area contributed by atoms with Crippen molar-refractivity contribution in [2.45, 2.75) is 40.5 Å². The number of likely N-dealkylation sites (N-methyl/N-ethyl adjacent to an activating group) is 1. The summed E-state index contributed by atoms with van der Waals surface area (Å²) in [6, 6.07) is 16.5. The van der Waals surface area contributed by atoms with Crippen molar-refractivity contribution < 1.29 is 0 Å². The third-order valence-corrected chi connectivity index (χ3v) is 2.79. The first-order valence-corrected chi connectivity index (χ1v) is 8.01. The predicted octanol–water partition coefficient (Wildman–Crippen LogP) is 4.51. The Bertz CT molecular complexity index is 412. The van der Waals surface area contributed by atoms with Crippen LogP contribution in [0.3, 0.4) is 0 Å². The molecule has 0 radical (unpaired) electrons. The highest BCUT2D eigenvalue weighted by Crippen LogP contribution is 1.96. The van der Waals surface area contributed by atoms with Gasteiger partial charge in [0, 0.05) is 24.9 Å². The smallest absolute Gasteiger partial charge is 0.0416 e. The normalized spacial score (nSPS) is 8.95. The number of nitrogens with zero attached hydrogens (tertiary/aromatic N) is 1. The second-order valence-corrected chi connectivity index (χ2v) is 4.26. The fourth-order valence-corrected chi connectivity index (χ4v) is 1.65. The Morgan fingerprint density at radius 1 is 0.905 bits per heavy atom. The number of aromatic nitrogens is 1. The van der Waals surface area contributed by atoms with Crippen LogP contribution in [0.15, 0.2) is 54.7 Å². The molecule has 0 saturated carbocycles. The maximum Gasteiger partial charge on any atom is 0.0416 e. The van der Waals surface area contributed by atoms with E-state index in [-0.39, 0.29) is 0 Å². The molecule has 0 saturated heterocycles. The van der Waals surface area contributed by atoms with E-state index in [0.29, 0.717) is 0 Å². The molecule has 21 heavy (non-hydrogen) atoms. The Labute approximate surface area is 130 Å². The van der Waals surface area contributed by atoms with E-state index in [2.05, 4.69) is 54.5 Å². The molecular weight excluding hydrogens is 256 g/mol. The lowest BCUT2D eigenvalue weighted by molar-refractivity contribution is 0.708. The maximum absolute atomic E-state index is 4.21. The van der Waals surface area contributed by atoms with Crippen LogP contribution in [0.4, 0.5) is 0 Å². The zero-order valence-electron chi connectivity index (χ0n) is 14.0. The van der Waals surface area contributed by atoms with Crippen LogP contribution in [-0.4, -0.2) is 18.1 Å². The molecule has 1 aromatic heterocycles. The minimum Gasteiger partial charge on any atom is -0.317 e. The second-order valence-electron chi connectivity index (χ2n) is 4.26. The molecule has 0 spiro atoms. The van der Waals surface area contributed by atoms with Gasteiger partial charge in [0.2, 0.25) is 0 Å². The summed E-state index contributed by atoms with van der Waals surface area (Å²) in [6.45, 7) is 10.3. The van der Waals surface area contributed by atoms with Crippen LogP contribution in [0.5, 0.6) is 0 Å². The van der Waals surface area contributed by atoms with Crippen LogP contribution in [-0.2, 0) is 12.8 Å². The Kier molecular flexibility index (Phi) is 13.6. The first-order chi connectivity index (χ1) is 10.4. The summed E-state index contributed by atoms with van der Waals surface area (Å²) in [5.74, 6) is 0. The van der Waals surface area contributed by atoms with Crippen LogP contribution in [0, 0.1) is 0 Å². The third-order valence-electron chi connectivity index (χ3n) is 2.79. The van der Waals surface area contributed by atoms with Gasteiger partial charge in [-0.25, -0.2) is 0 Å². The van der Waals surface area contributed by atoms with Crippen LogP contribution >= 0.6 is 0 Å². The van der Waals surface area contributed by atoms with Crippen LogP contribution < -0.4 is 5.32 Å². The average molecular weight is 286 g/mol. The molecule has 2 aromatic rings. The Morgan fingerprint density at radius 3 is 2.05 bits per heavy atom. The van der Waals surface area contributed by atoms with E-state index in [1.807, 2.05) is 38.2 Å². The van der Waals surface area contributed by atoms with Gasteiger partial charge in [-0.05, 0) is 30.7 Å². The van der Waals surface area contributed by atoms with E-state index in [4.69, 9.17) is 0 Å². The number of aryl methyl sites for hydroxylation is 1. The van der Waals surface area contributed by atoms with E-state index in [1.165, 1.54) is 5.56 Å². The Hall–Kier alpha value is -1.67. The molecule has 0 aliphatic heterocycles. The molecular formula is C19H30N2. The number of rotatable bonds is 5. The van der Waals surface area contributed by atoms with Gasteiger partial charge in [-0.15, -0.1) is 0 Å². The summed E-state index contributed by atoms with van der Waals surface area (Å²) in [5, 5.41) is 3.26. The molecule has 0 fully saturated rings. The van der Waals surface area contributed by atoms with Crippen LogP contribution in [0.25, 0.3) is 0 Å². The van der Waals surface area contributed by atoms with Gasteiger partial charge in [0.25, 0.3) is 0 Å². The molecule has 2 nitrogen and oxygen atoms in total. The molecule has 1 heterocycles. The summed E-state index contributed by atoms with van der Waals surface area (Å²) < 4.78 is 0. The minimum atomic E-state index is 1.02. The molecule has 1 aromatic carbocycles. The number of hydrogen-bond acceptors (Lipinski definition) is 2. The minimum absolute atomic E-state index is 1.02. The largest absolute Gasteiger partial charge is 0.317 e. The van der Waals surface area contributed by atoms with Gasteiger partial charge in [-0.1, -0.05) is 64.1 Å². The van der Waals surface area contributed by atoms with E-state index >= 15 is 0 Å². The summed E-state index contributed by atoms with van der Waals surface area (Å²) in [4.78, 5) is 4.21. The molecule has 0 amide bonds. The van der Waals surface area contributed by atoms with Gasteiger partial charge < -0.3 is 5.32 Å². The van der Waals surface area contributed by atoms with Gasteiger partial charge in [-0.3, -0.25) is 4.98 Å². The molecule has 2 rings (SSSR count). The monoisotopic (exact) mass is 286 g/mol. The molecule has 0 aliphatic rings. The Balaban J connectivity index is 0.000000354. The van der Waals surface area contributed by atoms with Crippen LogP contribution in [0.1, 0.15) is 39.0 Å². The van der Waals surface area contributed by atoms with Crippen molar-refractivity contribution in [3.8, 4) is 0 Å². The van der Waals surface area contributed by atoms with Gasteiger partial charge in [0.1, 0.15) is 0 Å². The summed E-state index contributed by atoms with van der Waals surface area (Å²) in [6.07, 6.45) is 4.00. The van der Waals surface area contributed by atoms with Crippen molar-refractivity contribution in [3.05, 3.63) is 66.0 Å². The highest BCUT2D eigenvalue weighted by molar-refractivity contribution is 5.13. The first-order valence-electron chi connectivity index (χ1n) is 8.01. The van der Waals surface area contributed by atoms with Gasteiger partial charge >= 0.3 is 0 Å². The average Bonchev–Trinajstić information content (AvgIpc) is 2.59. The zero-order valence-corrected chi connectivity index (χ0v) is 14.0. The standard InChI is InChI=1S/C9H14N2.C8H10.C2H6/c1-2-10-8-6-9-5-3-4-7-11-9;1-2-8-6-4-3-5-7-8;1-2/h3-5,7,10H,2,6,8H2,1H3;3-7H,2H2,1H3;1-2H3. The maximum atomic E-state index is 4.21. The van der Waals surface area contributed by atoms with E-state index in [0.717, 1.165) is 31.6 Å². The van der Waals surface area contributed by atoms with Crippen molar-refractivity contribution in [3.63, 3.8) is 0 Å². The van der Waals surface area contributed by atoms with Crippen molar-refractivity contribution >= 4 is 0 Å². The van der Waals surface area contributed by atoms with Crippen molar-refractivity contribution in [1.29, 1.82) is 0 Å². The molecule has 116 valence electrons. The van der Waals surface area contributed by atoms with Gasteiger partial charge in [0.15, 0.2) is 0 Å². The topological polar surface area (TPSA) is 24.9 Å².